The Balaban J connectivity index is 2.00. The smallest absolute Gasteiger partial charge is 0.233 e. The Bertz CT molecular complexity index is 281. The molecule has 4 heteroatoms. The van der Waals surface area contributed by atoms with Crippen LogP contribution in [-0.4, -0.2) is 29.3 Å². The second-order valence-corrected chi connectivity index (χ2v) is 4.98. The van der Waals surface area contributed by atoms with Gasteiger partial charge in [0.25, 0.3) is 0 Å². The predicted octanol–water partition coefficient (Wildman–Crippen LogP) is 0.899. The zero-order chi connectivity index (χ0) is 11.7. The highest BCUT2D eigenvalue weighted by Crippen LogP contribution is 2.39. The quantitative estimate of drug-likeness (QED) is 0.722. The van der Waals surface area contributed by atoms with E-state index in [0.717, 1.165) is 32.1 Å². The lowest BCUT2D eigenvalue weighted by molar-refractivity contribution is -0.140. The standard InChI is InChI=1S/C12H20N2O2/c1-2-4-8(13)7-14-11(15)9-5-3-6-10(9)12(14)16/h8-10H,2-7,13H2,1H3. The highest BCUT2D eigenvalue weighted by Gasteiger charge is 2.49. The molecule has 4 nitrogen and oxygen atoms in total. The molecule has 2 rings (SSSR count). The van der Waals surface area contributed by atoms with Crippen molar-refractivity contribution in [3.8, 4) is 0 Å². The van der Waals surface area contributed by atoms with Crippen molar-refractivity contribution in [1.29, 1.82) is 0 Å². The molecule has 1 saturated carbocycles. The molecule has 0 radical (unpaired) electrons. The van der Waals surface area contributed by atoms with E-state index < -0.39 is 0 Å². The lowest BCUT2D eigenvalue weighted by Gasteiger charge is -2.20. The van der Waals surface area contributed by atoms with Crippen LogP contribution in [0.15, 0.2) is 0 Å². The Morgan fingerprint density at radius 1 is 1.31 bits per heavy atom. The number of rotatable bonds is 4. The number of imide groups is 1. The molecule has 2 amide bonds. The lowest BCUT2D eigenvalue weighted by atomic mass is 10.00. The third-order valence-electron chi connectivity index (χ3n) is 3.76. The van der Waals surface area contributed by atoms with Gasteiger partial charge in [-0.1, -0.05) is 19.8 Å². The number of carbonyl (C=O) groups excluding carboxylic acids is 2. The first-order chi connectivity index (χ1) is 7.65. The molecule has 1 aliphatic carbocycles. The van der Waals surface area contributed by atoms with Gasteiger partial charge in [-0.25, -0.2) is 0 Å². The summed E-state index contributed by atoms with van der Waals surface area (Å²) < 4.78 is 0. The minimum absolute atomic E-state index is 0.0265. The van der Waals surface area contributed by atoms with Gasteiger partial charge in [0.2, 0.25) is 11.8 Å². The first-order valence-corrected chi connectivity index (χ1v) is 6.26. The molecule has 16 heavy (non-hydrogen) atoms. The Morgan fingerprint density at radius 2 is 1.88 bits per heavy atom. The van der Waals surface area contributed by atoms with Crippen LogP contribution < -0.4 is 5.73 Å². The topological polar surface area (TPSA) is 63.4 Å². The van der Waals surface area contributed by atoms with Crippen molar-refractivity contribution >= 4 is 11.8 Å². The first kappa shape index (κ1) is 11.6. The number of nitrogens with two attached hydrogens (primary N) is 1. The van der Waals surface area contributed by atoms with Crippen molar-refractivity contribution in [2.24, 2.45) is 17.6 Å². The summed E-state index contributed by atoms with van der Waals surface area (Å²) in [5.74, 6) is 0.000703. The molecule has 0 bridgehead atoms. The Labute approximate surface area is 96.2 Å². The van der Waals surface area contributed by atoms with Crippen molar-refractivity contribution in [2.75, 3.05) is 6.54 Å². The summed E-state index contributed by atoms with van der Waals surface area (Å²) >= 11 is 0. The SMILES string of the molecule is CCCC(N)CN1C(=O)C2CCCC2C1=O. The molecule has 3 unspecified atom stereocenters. The molecule has 2 N–H and O–H groups in total. The summed E-state index contributed by atoms with van der Waals surface area (Å²) in [5.41, 5.74) is 5.89. The molecule has 0 aromatic heterocycles. The van der Waals surface area contributed by atoms with Crippen LogP contribution in [0.1, 0.15) is 39.0 Å². The number of hydrogen-bond acceptors (Lipinski definition) is 3. The van der Waals surface area contributed by atoms with Crippen molar-refractivity contribution in [3.05, 3.63) is 0 Å². The molecule has 0 aromatic rings. The normalized spacial score (nSPS) is 31.0. The van der Waals surface area contributed by atoms with E-state index in [2.05, 4.69) is 6.92 Å². The molecule has 3 atom stereocenters. The number of nitrogens with zero attached hydrogens (tertiary/aromatic N) is 1. The molecule has 90 valence electrons. The van der Waals surface area contributed by atoms with Crippen molar-refractivity contribution < 1.29 is 9.59 Å². The Kier molecular flexibility index (Phi) is 3.28. The third kappa shape index (κ3) is 1.86. The zero-order valence-electron chi connectivity index (χ0n) is 9.82. The Hall–Kier alpha value is -0.900. The molecule has 2 aliphatic rings. The monoisotopic (exact) mass is 224 g/mol. The van der Waals surface area contributed by atoms with E-state index in [9.17, 15) is 9.59 Å². The predicted molar refractivity (Wildman–Crippen MR) is 60.4 cm³/mol. The number of fused-ring (bicyclic) bond motifs is 1. The highest BCUT2D eigenvalue weighted by molar-refractivity contribution is 6.05. The maximum Gasteiger partial charge on any atom is 0.233 e. The van der Waals surface area contributed by atoms with Crippen LogP contribution in [0, 0.1) is 11.8 Å². The van der Waals surface area contributed by atoms with Crippen LogP contribution in [0.5, 0.6) is 0 Å². The van der Waals surface area contributed by atoms with E-state index >= 15 is 0 Å². The van der Waals surface area contributed by atoms with Crippen molar-refractivity contribution in [3.63, 3.8) is 0 Å². The summed E-state index contributed by atoms with van der Waals surface area (Å²) in [6, 6.07) is -0.0586. The van der Waals surface area contributed by atoms with E-state index in [1.54, 1.807) is 0 Å². The summed E-state index contributed by atoms with van der Waals surface area (Å²) in [6.45, 7) is 2.47. The van der Waals surface area contributed by atoms with Gasteiger partial charge in [-0.3, -0.25) is 14.5 Å². The maximum absolute atomic E-state index is 12.0. The van der Waals surface area contributed by atoms with Crippen LogP contribution in [-0.2, 0) is 9.59 Å². The van der Waals surface area contributed by atoms with E-state index in [0.29, 0.717) is 6.54 Å². The Morgan fingerprint density at radius 3 is 2.38 bits per heavy atom. The van der Waals surface area contributed by atoms with Gasteiger partial charge in [-0.2, -0.15) is 0 Å². The fourth-order valence-corrected chi connectivity index (χ4v) is 2.94. The van der Waals surface area contributed by atoms with Crippen LogP contribution >= 0.6 is 0 Å². The molecular weight excluding hydrogens is 204 g/mol. The van der Waals surface area contributed by atoms with Gasteiger partial charge < -0.3 is 5.73 Å². The number of hydrogen-bond donors (Lipinski definition) is 1. The van der Waals surface area contributed by atoms with Gasteiger partial charge in [0, 0.05) is 12.6 Å². The molecule has 1 aliphatic heterocycles. The number of carbonyl (C=O) groups is 2. The largest absolute Gasteiger partial charge is 0.326 e. The highest BCUT2D eigenvalue weighted by atomic mass is 16.2. The summed E-state index contributed by atoms with van der Waals surface area (Å²) in [4.78, 5) is 25.4. The fourth-order valence-electron chi connectivity index (χ4n) is 2.94. The second kappa shape index (κ2) is 4.53. The van der Waals surface area contributed by atoms with Crippen molar-refractivity contribution in [1.82, 2.24) is 4.90 Å². The number of likely N-dealkylation sites (tertiary alicyclic amines) is 1. The van der Waals surface area contributed by atoms with Gasteiger partial charge in [0.1, 0.15) is 0 Å². The molecular formula is C12H20N2O2. The molecule has 2 fully saturated rings. The van der Waals surface area contributed by atoms with Gasteiger partial charge in [0.15, 0.2) is 0 Å². The van der Waals surface area contributed by atoms with E-state index in [4.69, 9.17) is 5.73 Å². The maximum atomic E-state index is 12.0. The van der Waals surface area contributed by atoms with Crippen molar-refractivity contribution in [2.45, 2.75) is 45.1 Å². The minimum atomic E-state index is -0.0586. The summed E-state index contributed by atoms with van der Waals surface area (Å²) in [5, 5.41) is 0. The first-order valence-electron chi connectivity index (χ1n) is 6.26. The zero-order valence-corrected chi connectivity index (χ0v) is 9.82. The second-order valence-electron chi connectivity index (χ2n) is 4.98. The van der Waals surface area contributed by atoms with Gasteiger partial charge in [0.05, 0.1) is 11.8 Å². The molecule has 1 heterocycles. The summed E-state index contributed by atoms with van der Waals surface area (Å²) in [7, 11) is 0. The average Bonchev–Trinajstić information content (AvgIpc) is 2.79. The van der Waals surface area contributed by atoms with Gasteiger partial charge in [-0.15, -0.1) is 0 Å². The van der Waals surface area contributed by atoms with Crippen LogP contribution in [0.2, 0.25) is 0 Å². The van der Waals surface area contributed by atoms with E-state index in [-0.39, 0.29) is 29.7 Å². The molecule has 1 saturated heterocycles. The molecule has 0 aromatic carbocycles. The van der Waals surface area contributed by atoms with Crippen LogP contribution in [0.25, 0.3) is 0 Å². The van der Waals surface area contributed by atoms with Crippen LogP contribution in [0.3, 0.4) is 0 Å². The van der Waals surface area contributed by atoms with E-state index in [1.165, 1.54) is 4.90 Å². The van der Waals surface area contributed by atoms with E-state index in [1.807, 2.05) is 0 Å². The molecule has 0 spiro atoms. The fraction of sp³-hybridized carbons (Fsp3) is 0.833. The summed E-state index contributed by atoms with van der Waals surface area (Å²) in [6.07, 6.45) is 4.64. The third-order valence-corrected chi connectivity index (χ3v) is 3.76. The minimum Gasteiger partial charge on any atom is -0.326 e. The lowest BCUT2D eigenvalue weighted by Crippen LogP contribution is -2.41. The number of amides is 2. The van der Waals surface area contributed by atoms with Gasteiger partial charge in [-0.05, 0) is 19.3 Å². The van der Waals surface area contributed by atoms with Gasteiger partial charge >= 0.3 is 0 Å². The average molecular weight is 224 g/mol. The van der Waals surface area contributed by atoms with Crippen LogP contribution in [0.4, 0.5) is 0 Å².